The Morgan fingerprint density at radius 3 is 2.80 bits per heavy atom. The lowest BCUT2D eigenvalue weighted by Gasteiger charge is -2.10. The quantitative estimate of drug-likeness (QED) is 0.815. The van der Waals surface area contributed by atoms with Crippen LogP contribution in [0.2, 0.25) is 0 Å². The first-order chi connectivity index (χ1) is 9.69. The Labute approximate surface area is 117 Å². The van der Waals surface area contributed by atoms with Crippen molar-refractivity contribution in [2.75, 3.05) is 18.5 Å². The molecule has 2 aromatic heterocycles. The van der Waals surface area contributed by atoms with Crippen LogP contribution in [0.15, 0.2) is 12.7 Å². The molecule has 0 aliphatic rings. The third kappa shape index (κ3) is 3.87. The molecule has 2 aromatic rings. The molecule has 0 amide bonds. The number of nitrogens with zero attached hydrogens (tertiary/aromatic N) is 6. The SMILES string of the molecule is CCCNc1nc(OCC(C)C)nc(-n2cncn2)n1. The van der Waals surface area contributed by atoms with Crippen molar-refractivity contribution in [2.24, 2.45) is 5.92 Å². The van der Waals surface area contributed by atoms with Gasteiger partial charge in [0.05, 0.1) is 6.61 Å². The van der Waals surface area contributed by atoms with Crippen LogP contribution in [-0.4, -0.2) is 42.9 Å². The van der Waals surface area contributed by atoms with E-state index in [-0.39, 0.29) is 6.01 Å². The minimum atomic E-state index is 0.290. The zero-order valence-corrected chi connectivity index (χ0v) is 11.9. The largest absolute Gasteiger partial charge is 0.463 e. The number of hydrogen-bond donors (Lipinski definition) is 1. The lowest BCUT2D eigenvalue weighted by molar-refractivity contribution is 0.250. The van der Waals surface area contributed by atoms with E-state index in [4.69, 9.17) is 4.74 Å². The minimum absolute atomic E-state index is 0.290. The summed E-state index contributed by atoms with van der Waals surface area (Å²) in [5.41, 5.74) is 0. The van der Waals surface area contributed by atoms with E-state index < -0.39 is 0 Å². The Bertz CT molecular complexity index is 527. The van der Waals surface area contributed by atoms with Gasteiger partial charge in [0.25, 0.3) is 5.95 Å². The zero-order chi connectivity index (χ0) is 14.4. The van der Waals surface area contributed by atoms with E-state index in [0.717, 1.165) is 13.0 Å². The Balaban J connectivity index is 2.24. The Morgan fingerprint density at radius 1 is 1.30 bits per heavy atom. The molecule has 0 bridgehead atoms. The van der Waals surface area contributed by atoms with Crippen LogP contribution in [0.25, 0.3) is 5.95 Å². The van der Waals surface area contributed by atoms with E-state index in [1.54, 1.807) is 0 Å². The predicted molar refractivity (Wildman–Crippen MR) is 73.9 cm³/mol. The third-order valence-corrected chi connectivity index (χ3v) is 2.31. The Morgan fingerprint density at radius 2 is 2.15 bits per heavy atom. The molecule has 0 unspecified atom stereocenters. The second kappa shape index (κ2) is 6.78. The molecule has 1 N–H and O–H groups in total. The number of rotatable bonds is 7. The zero-order valence-electron chi connectivity index (χ0n) is 11.9. The molecule has 20 heavy (non-hydrogen) atoms. The highest BCUT2D eigenvalue weighted by atomic mass is 16.5. The van der Waals surface area contributed by atoms with Gasteiger partial charge in [-0.25, -0.2) is 4.98 Å². The van der Waals surface area contributed by atoms with Crippen LogP contribution in [0.3, 0.4) is 0 Å². The van der Waals surface area contributed by atoms with Crippen LogP contribution in [-0.2, 0) is 0 Å². The summed E-state index contributed by atoms with van der Waals surface area (Å²) in [4.78, 5) is 16.6. The molecule has 8 heteroatoms. The van der Waals surface area contributed by atoms with E-state index in [1.807, 2.05) is 0 Å². The molecular weight excluding hydrogens is 258 g/mol. The average molecular weight is 277 g/mol. The molecule has 8 nitrogen and oxygen atoms in total. The molecule has 2 rings (SSSR count). The lowest BCUT2D eigenvalue weighted by Crippen LogP contribution is -2.13. The van der Waals surface area contributed by atoms with Gasteiger partial charge >= 0.3 is 6.01 Å². The molecule has 0 aliphatic carbocycles. The van der Waals surface area contributed by atoms with Crippen LogP contribution < -0.4 is 10.1 Å². The summed E-state index contributed by atoms with van der Waals surface area (Å²) in [7, 11) is 0. The third-order valence-electron chi connectivity index (χ3n) is 2.31. The van der Waals surface area contributed by atoms with E-state index in [0.29, 0.717) is 24.4 Å². The van der Waals surface area contributed by atoms with E-state index in [1.165, 1.54) is 17.3 Å². The summed E-state index contributed by atoms with van der Waals surface area (Å²) < 4.78 is 7.04. The van der Waals surface area contributed by atoms with Crippen molar-refractivity contribution in [3.05, 3.63) is 12.7 Å². The van der Waals surface area contributed by atoms with Crippen molar-refractivity contribution in [3.63, 3.8) is 0 Å². The van der Waals surface area contributed by atoms with E-state index in [2.05, 4.69) is 51.1 Å². The molecule has 0 atom stereocenters. The van der Waals surface area contributed by atoms with Gasteiger partial charge in [0.1, 0.15) is 12.7 Å². The van der Waals surface area contributed by atoms with Crippen LogP contribution in [0.1, 0.15) is 27.2 Å². The minimum Gasteiger partial charge on any atom is -0.463 e. The number of ether oxygens (including phenoxy) is 1. The lowest BCUT2D eigenvalue weighted by atomic mass is 10.2. The molecule has 0 fully saturated rings. The van der Waals surface area contributed by atoms with Crippen molar-refractivity contribution in [1.82, 2.24) is 29.7 Å². The van der Waals surface area contributed by atoms with Gasteiger partial charge < -0.3 is 10.1 Å². The summed E-state index contributed by atoms with van der Waals surface area (Å²) in [5, 5.41) is 7.13. The summed E-state index contributed by atoms with van der Waals surface area (Å²) in [6.07, 6.45) is 3.94. The van der Waals surface area contributed by atoms with Crippen molar-refractivity contribution < 1.29 is 4.74 Å². The van der Waals surface area contributed by atoms with Crippen molar-refractivity contribution in [3.8, 4) is 12.0 Å². The highest BCUT2D eigenvalue weighted by Crippen LogP contribution is 2.11. The summed E-state index contributed by atoms with van der Waals surface area (Å²) >= 11 is 0. The topological polar surface area (TPSA) is 90.6 Å². The van der Waals surface area contributed by atoms with Gasteiger partial charge in [0, 0.05) is 6.54 Å². The Kier molecular flexibility index (Phi) is 4.80. The van der Waals surface area contributed by atoms with Crippen LogP contribution in [0.5, 0.6) is 6.01 Å². The highest BCUT2D eigenvalue weighted by molar-refractivity contribution is 5.29. The fraction of sp³-hybridized carbons (Fsp3) is 0.583. The number of aromatic nitrogens is 6. The fourth-order valence-corrected chi connectivity index (χ4v) is 1.38. The standard InChI is InChI=1S/C12H19N7O/c1-4-5-14-10-16-11(19-8-13-7-15-19)18-12(17-10)20-6-9(2)3/h7-9H,4-6H2,1-3H3,(H,14,16,17,18). The normalized spacial score (nSPS) is 10.8. The van der Waals surface area contributed by atoms with Gasteiger partial charge in [-0.2, -0.15) is 24.7 Å². The van der Waals surface area contributed by atoms with Crippen molar-refractivity contribution in [2.45, 2.75) is 27.2 Å². The smallest absolute Gasteiger partial charge is 0.323 e. The van der Waals surface area contributed by atoms with Crippen molar-refractivity contribution in [1.29, 1.82) is 0 Å². The van der Waals surface area contributed by atoms with E-state index in [9.17, 15) is 0 Å². The molecule has 0 aromatic carbocycles. The predicted octanol–water partition coefficient (Wildman–Crippen LogP) is 1.31. The van der Waals surface area contributed by atoms with Gasteiger partial charge in [-0.1, -0.05) is 20.8 Å². The monoisotopic (exact) mass is 277 g/mol. The Hall–Kier alpha value is -2.25. The summed E-state index contributed by atoms with van der Waals surface area (Å²) in [6.45, 7) is 7.53. The molecular formula is C12H19N7O. The van der Waals surface area contributed by atoms with Crippen LogP contribution in [0, 0.1) is 5.92 Å². The van der Waals surface area contributed by atoms with E-state index >= 15 is 0 Å². The second-order valence-corrected chi connectivity index (χ2v) is 4.71. The summed E-state index contributed by atoms with van der Waals surface area (Å²) in [6, 6.07) is 0.290. The number of nitrogens with one attached hydrogen (secondary N) is 1. The molecule has 0 spiro atoms. The fourth-order valence-electron chi connectivity index (χ4n) is 1.38. The van der Waals surface area contributed by atoms with Gasteiger partial charge in [-0.05, 0) is 12.3 Å². The van der Waals surface area contributed by atoms with Gasteiger partial charge in [-0.15, -0.1) is 0 Å². The first-order valence-corrected chi connectivity index (χ1v) is 6.66. The molecule has 0 saturated carbocycles. The van der Waals surface area contributed by atoms with Crippen molar-refractivity contribution >= 4 is 5.95 Å². The van der Waals surface area contributed by atoms with Gasteiger partial charge in [0.15, 0.2) is 0 Å². The summed E-state index contributed by atoms with van der Waals surface area (Å²) in [5.74, 6) is 1.26. The second-order valence-electron chi connectivity index (χ2n) is 4.71. The van der Waals surface area contributed by atoms with Crippen LogP contribution >= 0.6 is 0 Å². The van der Waals surface area contributed by atoms with Gasteiger partial charge in [0.2, 0.25) is 5.95 Å². The molecule has 0 radical (unpaired) electrons. The first-order valence-electron chi connectivity index (χ1n) is 6.66. The van der Waals surface area contributed by atoms with Crippen LogP contribution in [0.4, 0.5) is 5.95 Å². The molecule has 2 heterocycles. The maximum absolute atomic E-state index is 5.56. The number of hydrogen-bond acceptors (Lipinski definition) is 7. The highest BCUT2D eigenvalue weighted by Gasteiger charge is 2.10. The molecule has 108 valence electrons. The average Bonchev–Trinajstić information content (AvgIpc) is 2.97. The molecule has 0 aliphatic heterocycles. The first kappa shape index (κ1) is 14.2. The maximum atomic E-state index is 5.56. The van der Waals surface area contributed by atoms with Gasteiger partial charge in [-0.3, -0.25) is 0 Å². The maximum Gasteiger partial charge on any atom is 0.323 e. The molecule has 0 saturated heterocycles. The number of anilines is 1.